The third kappa shape index (κ3) is 2.58. The van der Waals surface area contributed by atoms with Crippen molar-refractivity contribution in [2.45, 2.75) is 13.5 Å². The van der Waals surface area contributed by atoms with Crippen molar-refractivity contribution in [1.82, 2.24) is 4.57 Å². The molecule has 0 spiro atoms. The number of rotatable bonds is 3. The van der Waals surface area contributed by atoms with Gasteiger partial charge in [0.25, 0.3) is 0 Å². The molecule has 0 atom stereocenters. The first-order chi connectivity index (χ1) is 9.02. The molecule has 2 rings (SSSR count). The lowest BCUT2D eigenvalue weighted by atomic mass is 10.2. The van der Waals surface area contributed by atoms with E-state index in [9.17, 15) is 8.78 Å². The van der Waals surface area contributed by atoms with Crippen molar-refractivity contribution < 1.29 is 8.78 Å². The zero-order valence-electron chi connectivity index (χ0n) is 10.7. The molecule has 1 aromatic heterocycles. The van der Waals surface area contributed by atoms with E-state index in [-0.39, 0.29) is 5.69 Å². The zero-order chi connectivity index (χ0) is 14.0. The van der Waals surface area contributed by atoms with Crippen LogP contribution >= 0.6 is 0 Å². The third-order valence-electron chi connectivity index (χ3n) is 3.16. The van der Waals surface area contributed by atoms with Gasteiger partial charge in [0.05, 0.1) is 5.69 Å². The summed E-state index contributed by atoms with van der Waals surface area (Å²) < 4.78 is 28.0. The lowest BCUT2D eigenvalue weighted by molar-refractivity contribution is 0.585. The number of anilines is 1. The maximum absolute atomic E-state index is 13.4. The summed E-state index contributed by atoms with van der Waals surface area (Å²) in [5.41, 5.74) is 2.63. The van der Waals surface area contributed by atoms with E-state index in [2.05, 4.69) is 11.4 Å². The molecule has 1 aromatic carbocycles. The van der Waals surface area contributed by atoms with Crippen molar-refractivity contribution >= 4 is 5.69 Å². The second-order valence-corrected chi connectivity index (χ2v) is 4.29. The summed E-state index contributed by atoms with van der Waals surface area (Å²) in [5.74, 6) is -1.24. The largest absolute Gasteiger partial charge is 0.379 e. The predicted molar refractivity (Wildman–Crippen MR) is 68.5 cm³/mol. The molecule has 0 saturated heterocycles. The summed E-state index contributed by atoms with van der Waals surface area (Å²) >= 11 is 0. The fourth-order valence-corrected chi connectivity index (χ4v) is 1.87. The van der Waals surface area contributed by atoms with E-state index in [1.807, 2.05) is 6.92 Å². The number of aromatic nitrogens is 1. The first-order valence-electron chi connectivity index (χ1n) is 5.77. The first-order valence-corrected chi connectivity index (χ1v) is 5.77. The van der Waals surface area contributed by atoms with E-state index in [0.717, 1.165) is 17.3 Å². The molecule has 0 bridgehead atoms. The Morgan fingerprint density at radius 1 is 1.32 bits per heavy atom. The topological polar surface area (TPSA) is 40.8 Å². The van der Waals surface area contributed by atoms with E-state index in [1.54, 1.807) is 17.7 Å². The normalized spacial score (nSPS) is 10.3. The highest BCUT2D eigenvalue weighted by Crippen LogP contribution is 2.18. The fraction of sp³-hybridized carbons (Fsp3) is 0.214. The van der Waals surface area contributed by atoms with Gasteiger partial charge in [-0.15, -0.1) is 0 Å². The van der Waals surface area contributed by atoms with E-state index in [4.69, 9.17) is 5.26 Å². The van der Waals surface area contributed by atoms with E-state index >= 15 is 0 Å². The standard InChI is InChI=1S/C14H13F2N3/c1-9-10(5-12(7-17)19(9)2)8-18-14-4-3-11(15)6-13(14)16/h3-6,18H,8H2,1-2H3. The van der Waals surface area contributed by atoms with Crippen LogP contribution in [0.2, 0.25) is 0 Å². The van der Waals surface area contributed by atoms with Crippen molar-refractivity contribution in [1.29, 1.82) is 5.26 Å². The number of benzene rings is 1. The summed E-state index contributed by atoms with van der Waals surface area (Å²) in [5, 5.41) is 11.8. The summed E-state index contributed by atoms with van der Waals surface area (Å²) in [6.07, 6.45) is 0. The maximum atomic E-state index is 13.4. The average Bonchev–Trinajstić information content (AvgIpc) is 2.65. The second-order valence-electron chi connectivity index (χ2n) is 4.29. The Morgan fingerprint density at radius 2 is 2.05 bits per heavy atom. The highest BCUT2D eigenvalue weighted by atomic mass is 19.1. The molecule has 0 radical (unpaired) electrons. The van der Waals surface area contributed by atoms with Gasteiger partial charge in [0.1, 0.15) is 23.4 Å². The van der Waals surface area contributed by atoms with Crippen LogP contribution in [0.1, 0.15) is 17.0 Å². The maximum Gasteiger partial charge on any atom is 0.149 e. The highest BCUT2D eigenvalue weighted by Gasteiger charge is 2.09. The minimum atomic E-state index is -0.630. The first kappa shape index (κ1) is 13.1. The number of hydrogen-bond donors (Lipinski definition) is 1. The molecule has 5 heteroatoms. The van der Waals surface area contributed by atoms with Crippen LogP contribution in [-0.4, -0.2) is 4.57 Å². The van der Waals surface area contributed by atoms with Gasteiger partial charge in [-0.2, -0.15) is 5.26 Å². The van der Waals surface area contributed by atoms with Crippen LogP contribution in [0.15, 0.2) is 24.3 Å². The Bertz CT molecular complexity index is 653. The molecule has 0 aliphatic heterocycles. The van der Waals surface area contributed by atoms with Crippen molar-refractivity contribution in [3.63, 3.8) is 0 Å². The van der Waals surface area contributed by atoms with Gasteiger partial charge in [-0.3, -0.25) is 0 Å². The fourth-order valence-electron chi connectivity index (χ4n) is 1.87. The number of hydrogen-bond acceptors (Lipinski definition) is 2. The van der Waals surface area contributed by atoms with Crippen LogP contribution in [0, 0.1) is 29.9 Å². The van der Waals surface area contributed by atoms with Crippen molar-refractivity contribution in [3.8, 4) is 6.07 Å². The van der Waals surface area contributed by atoms with E-state index in [1.165, 1.54) is 12.1 Å². The summed E-state index contributed by atoms with van der Waals surface area (Å²) in [6, 6.07) is 7.23. The van der Waals surface area contributed by atoms with Crippen molar-refractivity contribution in [2.75, 3.05) is 5.32 Å². The Hall–Kier alpha value is -2.35. The van der Waals surface area contributed by atoms with Crippen LogP contribution in [-0.2, 0) is 13.6 Å². The third-order valence-corrected chi connectivity index (χ3v) is 3.16. The molecule has 3 nitrogen and oxygen atoms in total. The molecule has 1 N–H and O–H groups in total. The van der Waals surface area contributed by atoms with Crippen LogP contribution in [0.3, 0.4) is 0 Å². The molecule has 98 valence electrons. The SMILES string of the molecule is Cc1c(CNc2ccc(F)cc2F)cc(C#N)n1C. The van der Waals surface area contributed by atoms with Gasteiger partial charge in [-0.1, -0.05) is 0 Å². The van der Waals surface area contributed by atoms with Gasteiger partial charge in [-0.05, 0) is 30.7 Å². The Balaban J connectivity index is 2.17. The van der Waals surface area contributed by atoms with Gasteiger partial charge < -0.3 is 9.88 Å². The van der Waals surface area contributed by atoms with Gasteiger partial charge in [0.2, 0.25) is 0 Å². The summed E-state index contributed by atoms with van der Waals surface area (Å²) in [7, 11) is 1.80. The number of halogens is 2. The smallest absolute Gasteiger partial charge is 0.149 e. The number of nitrogens with zero attached hydrogens (tertiary/aromatic N) is 2. The molecular formula is C14H13F2N3. The van der Waals surface area contributed by atoms with Crippen LogP contribution in [0.5, 0.6) is 0 Å². The molecule has 2 aromatic rings. The minimum Gasteiger partial charge on any atom is -0.379 e. The van der Waals surface area contributed by atoms with Gasteiger partial charge in [0, 0.05) is 25.4 Å². The van der Waals surface area contributed by atoms with E-state index < -0.39 is 11.6 Å². The molecule has 0 aliphatic carbocycles. The summed E-state index contributed by atoms with van der Waals surface area (Å²) in [4.78, 5) is 0. The van der Waals surface area contributed by atoms with E-state index in [0.29, 0.717) is 12.2 Å². The number of nitrogens with one attached hydrogen (secondary N) is 1. The monoisotopic (exact) mass is 261 g/mol. The molecule has 1 heterocycles. The molecular weight excluding hydrogens is 248 g/mol. The molecule has 19 heavy (non-hydrogen) atoms. The van der Waals surface area contributed by atoms with Crippen LogP contribution < -0.4 is 5.32 Å². The molecule has 0 aliphatic rings. The Labute approximate surface area is 110 Å². The van der Waals surface area contributed by atoms with Gasteiger partial charge in [-0.25, -0.2) is 8.78 Å². The number of nitriles is 1. The van der Waals surface area contributed by atoms with Crippen LogP contribution in [0.25, 0.3) is 0 Å². The summed E-state index contributed by atoms with van der Waals surface area (Å²) in [6.45, 7) is 2.27. The zero-order valence-corrected chi connectivity index (χ0v) is 10.7. The van der Waals surface area contributed by atoms with Gasteiger partial charge in [0.15, 0.2) is 0 Å². The minimum absolute atomic E-state index is 0.239. The Kier molecular flexibility index (Phi) is 3.52. The van der Waals surface area contributed by atoms with Crippen LogP contribution in [0.4, 0.5) is 14.5 Å². The molecule has 0 saturated carbocycles. The molecule has 0 fully saturated rings. The van der Waals surface area contributed by atoms with Crippen molar-refractivity contribution in [3.05, 3.63) is 52.9 Å². The lowest BCUT2D eigenvalue weighted by Crippen LogP contribution is -2.03. The highest BCUT2D eigenvalue weighted by molar-refractivity contribution is 5.46. The average molecular weight is 261 g/mol. The van der Waals surface area contributed by atoms with Gasteiger partial charge >= 0.3 is 0 Å². The molecule has 0 unspecified atom stereocenters. The Morgan fingerprint density at radius 3 is 2.63 bits per heavy atom. The predicted octanol–water partition coefficient (Wildman–Crippen LogP) is 3.10. The molecule has 0 amide bonds. The second kappa shape index (κ2) is 5.11. The lowest BCUT2D eigenvalue weighted by Gasteiger charge is -2.07. The quantitative estimate of drug-likeness (QED) is 0.922. The van der Waals surface area contributed by atoms with Crippen molar-refractivity contribution in [2.24, 2.45) is 7.05 Å².